The number of hydrogen-bond donors (Lipinski definition) is 1. The van der Waals surface area contributed by atoms with Gasteiger partial charge in [-0.05, 0) is 49.0 Å². The van der Waals surface area contributed by atoms with Crippen LogP contribution in [0.4, 0.5) is 5.69 Å². The van der Waals surface area contributed by atoms with Crippen molar-refractivity contribution in [3.05, 3.63) is 88.5 Å². The molecule has 1 fully saturated rings. The molecular formula is C22H23N5O2S. The number of unbranched alkanes of at least 4 members (excludes halogenated alkanes) is 1. The van der Waals surface area contributed by atoms with E-state index in [2.05, 4.69) is 22.1 Å². The van der Waals surface area contributed by atoms with E-state index in [0.29, 0.717) is 5.11 Å². The number of thiocarbonyl (C=S) groups is 1. The van der Waals surface area contributed by atoms with Crippen LogP contribution in [-0.2, 0) is 0 Å². The van der Waals surface area contributed by atoms with Crippen LogP contribution in [0.25, 0.3) is 5.69 Å². The molecule has 0 amide bonds. The van der Waals surface area contributed by atoms with Crippen LogP contribution >= 0.6 is 12.2 Å². The van der Waals surface area contributed by atoms with Crippen molar-refractivity contribution in [1.29, 1.82) is 0 Å². The van der Waals surface area contributed by atoms with E-state index in [1.165, 1.54) is 6.07 Å². The lowest BCUT2D eigenvalue weighted by Gasteiger charge is -2.28. The Morgan fingerprint density at radius 3 is 2.80 bits per heavy atom. The second-order valence-corrected chi connectivity index (χ2v) is 7.64. The van der Waals surface area contributed by atoms with Gasteiger partial charge in [-0.25, -0.2) is 0 Å². The Bertz CT molecular complexity index is 1050. The molecule has 0 radical (unpaired) electrons. The van der Waals surface area contributed by atoms with E-state index in [1.54, 1.807) is 18.3 Å². The lowest BCUT2D eigenvalue weighted by atomic mass is 10.0. The van der Waals surface area contributed by atoms with E-state index in [-0.39, 0.29) is 22.7 Å². The summed E-state index contributed by atoms with van der Waals surface area (Å²) in [4.78, 5) is 17.7. The summed E-state index contributed by atoms with van der Waals surface area (Å²) < 4.78 is 2.00. The molecule has 0 spiro atoms. The zero-order valence-corrected chi connectivity index (χ0v) is 17.5. The quantitative estimate of drug-likeness (QED) is 0.343. The minimum absolute atomic E-state index is 0.0660. The van der Waals surface area contributed by atoms with E-state index in [1.807, 2.05) is 47.2 Å². The molecule has 1 aromatic carbocycles. The van der Waals surface area contributed by atoms with Crippen molar-refractivity contribution in [2.45, 2.75) is 31.8 Å². The molecule has 30 heavy (non-hydrogen) atoms. The van der Waals surface area contributed by atoms with Crippen LogP contribution in [0, 0.1) is 10.1 Å². The first-order valence-corrected chi connectivity index (χ1v) is 10.4. The van der Waals surface area contributed by atoms with Crippen LogP contribution in [0.5, 0.6) is 0 Å². The van der Waals surface area contributed by atoms with Gasteiger partial charge in [-0.15, -0.1) is 0 Å². The van der Waals surface area contributed by atoms with Crippen molar-refractivity contribution in [3.63, 3.8) is 0 Å². The smallest absolute Gasteiger partial charge is 0.271 e. The number of pyridine rings is 1. The molecule has 1 N–H and O–H groups in total. The third-order valence-electron chi connectivity index (χ3n) is 5.35. The Morgan fingerprint density at radius 1 is 1.20 bits per heavy atom. The van der Waals surface area contributed by atoms with Crippen LogP contribution in [0.2, 0.25) is 0 Å². The van der Waals surface area contributed by atoms with Crippen LogP contribution in [0.3, 0.4) is 0 Å². The molecule has 3 heterocycles. The minimum atomic E-state index is -0.372. The number of nitrogens with zero attached hydrogens (tertiary/aromatic N) is 4. The number of nitrogens with one attached hydrogen (secondary N) is 1. The highest BCUT2D eigenvalue weighted by molar-refractivity contribution is 7.80. The van der Waals surface area contributed by atoms with Crippen molar-refractivity contribution in [2.75, 3.05) is 6.54 Å². The first kappa shape index (κ1) is 20.0. The van der Waals surface area contributed by atoms with Gasteiger partial charge < -0.3 is 14.8 Å². The maximum atomic E-state index is 11.3. The number of hydrogen-bond acceptors (Lipinski definition) is 4. The monoisotopic (exact) mass is 421 g/mol. The van der Waals surface area contributed by atoms with Gasteiger partial charge in [-0.3, -0.25) is 15.1 Å². The molecule has 1 saturated heterocycles. The second-order valence-electron chi connectivity index (χ2n) is 7.25. The normalized spacial score (nSPS) is 18.4. The molecule has 154 valence electrons. The maximum absolute atomic E-state index is 11.3. The van der Waals surface area contributed by atoms with Gasteiger partial charge in [0.15, 0.2) is 5.11 Å². The minimum Gasteiger partial charge on any atom is -0.352 e. The lowest BCUT2D eigenvalue weighted by Crippen LogP contribution is -2.31. The van der Waals surface area contributed by atoms with Gasteiger partial charge in [0.1, 0.15) is 0 Å². The molecule has 0 unspecified atom stereocenters. The average molecular weight is 422 g/mol. The Kier molecular flexibility index (Phi) is 5.76. The molecule has 0 saturated carbocycles. The molecule has 2 atom stereocenters. The van der Waals surface area contributed by atoms with Gasteiger partial charge in [0.2, 0.25) is 0 Å². The Labute approximate surface area is 180 Å². The predicted octanol–water partition coefficient (Wildman–Crippen LogP) is 4.55. The van der Waals surface area contributed by atoms with Gasteiger partial charge in [-0.1, -0.05) is 25.5 Å². The molecule has 0 aliphatic carbocycles. The summed E-state index contributed by atoms with van der Waals surface area (Å²) in [5.41, 5.74) is 2.74. The summed E-state index contributed by atoms with van der Waals surface area (Å²) in [6.45, 7) is 2.99. The molecule has 1 aliphatic rings. The highest BCUT2D eigenvalue weighted by atomic mass is 32.1. The summed E-state index contributed by atoms with van der Waals surface area (Å²) in [5.74, 6) is 0. The molecule has 3 aromatic rings. The van der Waals surface area contributed by atoms with Gasteiger partial charge in [0, 0.05) is 36.8 Å². The third kappa shape index (κ3) is 3.78. The number of nitro groups is 1. The summed E-state index contributed by atoms with van der Waals surface area (Å²) >= 11 is 5.69. The van der Waals surface area contributed by atoms with E-state index in [9.17, 15) is 10.1 Å². The van der Waals surface area contributed by atoms with Gasteiger partial charge in [0.05, 0.1) is 28.4 Å². The molecule has 1 aliphatic heterocycles. The van der Waals surface area contributed by atoms with Crippen LogP contribution in [0.1, 0.15) is 43.2 Å². The number of non-ortho nitro benzene ring substituents is 1. The van der Waals surface area contributed by atoms with E-state index < -0.39 is 0 Å². The van der Waals surface area contributed by atoms with Gasteiger partial charge in [-0.2, -0.15) is 0 Å². The number of rotatable bonds is 7. The van der Waals surface area contributed by atoms with E-state index >= 15 is 0 Å². The van der Waals surface area contributed by atoms with Crippen LogP contribution in [-0.4, -0.2) is 31.0 Å². The Morgan fingerprint density at radius 2 is 2.07 bits per heavy atom. The zero-order chi connectivity index (χ0) is 21.1. The predicted molar refractivity (Wildman–Crippen MR) is 119 cm³/mol. The van der Waals surface area contributed by atoms with Crippen molar-refractivity contribution in [2.24, 2.45) is 0 Å². The van der Waals surface area contributed by atoms with Crippen molar-refractivity contribution in [1.82, 2.24) is 19.8 Å². The fraction of sp³-hybridized carbons (Fsp3) is 0.273. The van der Waals surface area contributed by atoms with Gasteiger partial charge >= 0.3 is 0 Å². The van der Waals surface area contributed by atoms with Crippen molar-refractivity contribution in [3.8, 4) is 5.69 Å². The topological polar surface area (TPSA) is 76.2 Å². The molecule has 0 bridgehead atoms. The second kappa shape index (κ2) is 8.62. The zero-order valence-electron chi connectivity index (χ0n) is 16.6. The highest BCUT2D eigenvalue weighted by Crippen LogP contribution is 2.39. The third-order valence-corrected chi connectivity index (χ3v) is 5.70. The Hall–Kier alpha value is -3.26. The SMILES string of the molecule is CCCCN1C(=S)N[C@@H](c2ccccn2)[C@@H]1c1cccn1-c1cccc([N+](=O)[O-])c1. The van der Waals surface area contributed by atoms with E-state index in [4.69, 9.17) is 12.2 Å². The molecule has 2 aromatic heterocycles. The molecule has 7 nitrogen and oxygen atoms in total. The van der Waals surface area contributed by atoms with Crippen molar-refractivity contribution < 1.29 is 4.92 Å². The lowest BCUT2D eigenvalue weighted by molar-refractivity contribution is -0.384. The Balaban J connectivity index is 1.79. The first-order chi connectivity index (χ1) is 14.6. The molecule has 8 heteroatoms. The largest absolute Gasteiger partial charge is 0.352 e. The fourth-order valence-corrected chi connectivity index (χ4v) is 4.25. The number of aromatic nitrogens is 2. The summed E-state index contributed by atoms with van der Waals surface area (Å²) in [7, 11) is 0. The maximum Gasteiger partial charge on any atom is 0.271 e. The first-order valence-electron chi connectivity index (χ1n) is 10.00. The standard InChI is InChI=1S/C22H23N5O2S/c1-2-3-13-26-21(20(24-22(26)30)18-10-4-5-12-23-18)19-11-7-14-25(19)16-8-6-9-17(15-16)27(28)29/h4-12,14-15,20-21H,2-3,13H2,1H3,(H,24,30)/t20-,21-/m0/s1. The average Bonchev–Trinajstić information content (AvgIpc) is 3.37. The molecule has 4 rings (SSSR count). The van der Waals surface area contributed by atoms with E-state index in [0.717, 1.165) is 36.5 Å². The molecular weight excluding hydrogens is 398 g/mol. The van der Waals surface area contributed by atoms with Crippen LogP contribution in [0.15, 0.2) is 67.0 Å². The van der Waals surface area contributed by atoms with Crippen LogP contribution < -0.4 is 5.32 Å². The summed E-state index contributed by atoms with van der Waals surface area (Å²) in [6.07, 6.45) is 5.80. The van der Waals surface area contributed by atoms with Gasteiger partial charge in [0.25, 0.3) is 5.69 Å². The summed E-state index contributed by atoms with van der Waals surface area (Å²) in [6, 6.07) is 16.4. The number of nitro benzene ring substituents is 1. The highest BCUT2D eigenvalue weighted by Gasteiger charge is 2.40. The summed E-state index contributed by atoms with van der Waals surface area (Å²) in [5, 5.41) is 15.4. The fourth-order valence-electron chi connectivity index (χ4n) is 3.92. The number of benzene rings is 1. The van der Waals surface area contributed by atoms with Crippen molar-refractivity contribution >= 4 is 23.0 Å².